The lowest BCUT2D eigenvalue weighted by molar-refractivity contribution is -0.131. The van der Waals surface area contributed by atoms with Crippen molar-refractivity contribution < 1.29 is 14.6 Å². The van der Waals surface area contributed by atoms with E-state index in [9.17, 15) is 4.79 Å². The highest BCUT2D eigenvalue weighted by atomic mass is 32.1. The molecule has 1 N–H and O–H groups in total. The van der Waals surface area contributed by atoms with E-state index in [0.717, 1.165) is 31.7 Å². The second-order valence-corrected chi connectivity index (χ2v) is 6.15. The average molecular weight is 295 g/mol. The van der Waals surface area contributed by atoms with Crippen molar-refractivity contribution in [3.8, 4) is 0 Å². The van der Waals surface area contributed by atoms with E-state index >= 15 is 0 Å². The summed E-state index contributed by atoms with van der Waals surface area (Å²) in [6.45, 7) is 6.96. The molecule has 2 heterocycles. The molecule has 1 aromatic rings. The molecular formula is C15H21NO3S. The summed E-state index contributed by atoms with van der Waals surface area (Å²) in [5, 5.41) is 10.6. The van der Waals surface area contributed by atoms with Crippen molar-refractivity contribution >= 4 is 23.4 Å². The molecule has 4 nitrogen and oxygen atoms in total. The SMILES string of the molecule is CCC1COC(C)CN1Cc1cc(C=CC(=O)O)cs1. The van der Waals surface area contributed by atoms with E-state index in [2.05, 4.69) is 24.8 Å². The van der Waals surface area contributed by atoms with E-state index in [1.54, 1.807) is 17.4 Å². The van der Waals surface area contributed by atoms with Gasteiger partial charge >= 0.3 is 5.97 Å². The molecule has 2 unspecified atom stereocenters. The van der Waals surface area contributed by atoms with Gasteiger partial charge in [0.15, 0.2) is 0 Å². The zero-order chi connectivity index (χ0) is 14.5. The standard InChI is InChI=1S/C15H21NO3S/c1-3-13-9-19-11(2)7-16(13)8-14-6-12(10-20-14)4-5-15(17)18/h4-6,10-11,13H,3,7-9H2,1-2H3,(H,17,18). The lowest BCUT2D eigenvalue weighted by Crippen LogP contribution is -2.47. The first kappa shape index (κ1) is 15.2. The number of aliphatic carboxylic acids is 1. The summed E-state index contributed by atoms with van der Waals surface area (Å²) in [4.78, 5) is 14.2. The molecule has 110 valence electrons. The number of hydrogen-bond acceptors (Lipinski definition) is 4. The maximum atomic E-state index is 10.5. The number of hydrogen-bond donors (Lipinski definition) is 1. The van der Waals surface area contributed by atoms with Gasteiger partial charge in [-0.15, -0.1) is 11.3 Å². The fraction of sp³-hybridized carbons (Fsp3) is 0.533. The van der Waals surface area contributed by atoms with Gasteiger partial charge in [0, 0.05) is 30.1 Å². The van der Waals surface area contributed by atoms with Crippen LogP contribution >= 0.6 is 11.3 Å². The molecule has 0 spiro atoms. The third-order valence-corrected chi connectivity index (χ3v) is 4.44. The zero-order valence-corrected chi connectivity index (χ0v) is 12.7. The third-order valence-electron chi connectivity index (χ3n) is 3.50. The monoisotopic (exact) mass is 295 g/mol. The van der Waals surface area contributed by atoms with Crippen LogP contribution in [-0.4, -0.2) is 41.3 Å². The number of rotatable bonds is 5. The number of carboxylic acids is 1. The van der Waals surface area contributed by atoms with Gasteiger partial charge in [-0.2, -0.15) is 0 Å². The molecule has 20 heavy (non-hydrogen) atoms. The van der Waals surface area contributed by atoms with Gasteiger partial charge in [-0.1, -0.05) is 6.92 Å². The minimum atomic E-state index is -0.911. The molecular weight excluding hydrogens is 274 g/mol. The molecule has 0 saturated carbocycles. The van der Waals surface area contributed by atoms with Crippen LogP contribution < -0.4 is 0 Å². The van der Waals surface area contributed by atoms with Gasteiger partial charge in [0.25, 0.3) is 0 Å². The van der Waals surface area contributed by atoms with Gasteiger partial charge in [-0.3, -0.25) is 4.90 Å². The van der Waals surface area contributed by atoms with Crippen molar-refractivity contribution in [1.82, 2.24) is 4.90 Å². The maximum absolute atomic E-state index is 10.5. The predicted octanol–water partition coefficient (Wildman–Crippen LogP) is 2.85. The summed E-state index contributed by atoms with van der Waals surface area (Å²) in [7, 11) is 0. The number of ether oxygens (including phenoxy) is 1. The van der Waals surface area contributed by atoms with Crippen LogP contribution in [0, 0.1) is 0 Å². The Morgan fingerprint density at radius 1 is 1.65 bits per heavy atom. The predicted molar refractivity (Wildman–Crippen MR) is 80.9 cm³/mol. The van der Waals surface area contributed by atoms with Gasteiger partial charge in [-0.05, 0) is 36.4 Å². The molecule has 2 atom stereocenters. The number of thiophene rings is 1. The Morgan fingerprint density at radius 2 is 2.45 bits per heavy atom. The Bertz CT molecular complexity index is 483. The zero-order valence-electron chi connectivity index (χ0n) is 11.9. The molecule has 0 amide bonds. The summed E-state index contributed by atoms with van der Waals surface area (Å²) in [5.74, 6) is -0.911. The molecule has 0 bridgehead atoms. The number of morpholine rings is 1. The van der Waals surface area contributed by atoms with E-state index < -0.39 is 5.97 Å². The Morgan fingerprint density at radius 3 is 3.15 bits per heavy atom. The Labute approximate surface area is 123 Å². The van der Waals surface area contributed by atoms with Gasteiger partial charge < -0.3 is 9.84 Å². The second kappa shape index (κ2) is 7.02. The average Bonchev–Trinajstić information content (AvgIpc) is 2.84. The molecule has 0 aromatic carbocycles. The summed E-state index contributed by atoms with van der Waals surface area (Å²) in [6, 6.07) is 2.54. The van der Waals surface area contributed by atoms with Crippen molar-refractivity contribution in [2.24, 2.45) is 0 Å². The summed E-state index contributed by atoms with van der Waals surface area (Å²) in [6.07, 6.45) is 4.19. The van der Waals surface area contributed by atoms with Crippen LogP contribution in [0.3, 0.4) is 0 Å². The van der Waals surface area contributed by atoms with Gasteiger partial charge in [0.05, 0.1) is 12.7 Å². The van der Waals surface area contributed by atoms with Gasteiger partial charge in [0.2, 0.25) is 0 Å². The molecule has 0 radical (unpaired) electrons. The van der Waals surface area contributed by atoms with Crippen molar-refractivity contribution in [2.75, 3.05) is 13.2 Å². The smallest absolute Gasteiger partial charge is 0.328 e. The molecule has 1 saturated heterocycles. The van der Waals surface area contributed by atoms with Crippen LogP contribution in [0.15, 0.2) is 17.5 Å². The Kier molecular flexibility index (Phi) is 5.34. The van der Waals surface area contributed by atoms with E-state index in [-0.39, 0.29) is 6.10 Å². The topological polar surface area (TPSA) is 49.8 Å². The fourth-order valence-corrected chi connectivity index (χ4v) is 3.30. The van der Waals surface area contributed by atoms with Crippen LogP contribution in [0.5, 0.6) is 0 Å². The highest BCUT2D eigenvalue weighted by molar-refractivity contribution is 7.10. The highest BCUT2D eigenvalue weighted by Crippen LogP contribution is 2.22. The van der Waals surface area contributed by atoms with E-state index in [4.69, 9.17) is 9.84 Å². The number of carboxylic acid groups (broad SMARTS) is 1. The first-order valence-corrected chi connectivity index (χ1v) is 7.80. The van der Waals surface area contributed by atoms with Crippen molar-refractivity contribution in [1.29, 1.82) is 0 Å². The molecule has 1 aliphatic rings. The number of nitrogens with zero attached hydrogens (tertiary/aromatic N) is 1. The first-order valence-electron chi connectivity index (χ1n) is 6.92. The van der Waals surface area contributed by atoms with Crippen LogP contribution in [0.1, 0.15) is 30.7 Å². The van der Waals surface area contributed by atoms with E-state index in [1.807, 2.05) is 5.38 Å². The largest absolute Gasteiger partial charge is 0.478 e. The summed E-state index contributed by atoms with van der Waals surface area (Å²) in [5.41, 5.74) is 0.960. The van der Waals surface area contributed by atoms with Crippen molar-refractivity contribution in [2.45, 2.75) is 39.0 Å². The molecule has 5 heteroatoms. The molecule has 1 aliphatic heterocycles. The minimum Gasteiger partial charge on any atom is -0.478 e. The van der Waals surface area contributed by atoms with Crippen molar-refractivity contribution in [3.05, 3.63) is 28.0 Å². The van der Waals surface area contributed by atoms with Crippen LogP contribution in [0.25, 0.3) is 6.08 Å². The fourth-order valence-electron chi connectivity index (χ4n) is 2.42. The van der Waals surface area contributed by atoms with E-state index in [1.165, 1.54) is 11.0 Å². The summed E-state index contributed by atoms with van der Waals surface area (Å²) >= 11 is 1.68. The van der Waals surface area contributed by atoms with Crippen LogP contribution in [-0.2, 0) is 16.1 Å². The van der Waals surface area contributed by atoms with Crippen LogP contribution in [0.2, 0.25) is 0 Å². The van der Waals surface area contributed by atoms with Gasteiger partial charge in [-0.25, -0.2) is 4.79 Å². The summed E-state index contributed by atoms with van der Waals surface area (Å²) < 4.78 is 5.70. The lowest BCUT2D eigenvalue weighted by Gasteiger charge is -2.38. The highest BCUT2D eigenvalue weighted by Gasteiger charge is 2.25. The Balaban J connectivity index is 1.99. The molecule has 1 aromatic heterocycles. The molecule has 1 fully saturated rings. The molecule has 2 rings (SSSR count). The second-order valence-electron chi connectivity index (χ2n) is 5.15. The quantitative estimate of drug-likeness (QED) is 0.849. The molecule has 0 aliphatic carbocycles. The van der Waals surface area contributed by atoms with Gasteiger partial charge in [0.1, 0.15) is 0 Å². The first-order chi connectivity index (χ1) is 9.58. The minimum absolute atomic E-state index is 0.282. The number of carbonyl (C=O) groups is 1. The third kappa shape index (κ3) is 4.16. The lowest BCUT2D eigenvalue weighted by atomic mass is 10.1. The maximum Gasteiger partial charge on any atom is 0.328 e. The Hall–Kier alpha value is -1.17. The van der Waals surface area contributed by atoms with Crippen LogP contribution in [0.4, 0.5) is 0 Å². The van der Waals surface area contributed by atoms with Crippen molar-refractivity contribution in [3.63, 3.8) is 0 Å². The van der Waals surface area contributed by atoms with E-state index in [0.29, 0.717) is 6.04 Å². The normalized spacial score (nSPS) is 24.3.